The number of methoxy groups -OCH3 is 3. The Morgan fingerprint density at radius 1 is 0.862 bits per heavy atom. The van der Waals surface area contributed by atoms with Gasteiger partial charge in [-0.15, -0.1) is 0 Å². The van der Waals surface area contributed by atoms with Crippen LogP contribution in [0.2, 0.25) is 0 Å². The van der Waals surface area contributed by atoms with Crippen LogP contribution in [0.25, 0.3) is 10.8 Å². The zero-order valence-corrected chi connectivity index (χ0v) is 17.1. The highest BCUT2D eigenvalue weighted by atomic mass is 16.5. The molecule has 1 fully saturated rings. The predicted octanol–water partition coefficient (Wildman–Crippen LogP) is 3.26. The molecule has 2 aromatic carbocycles. The fourth-order valence-electron chi connectivity index (χ4n) is 4.09. The van der Waals surface area contributed by atoms with Crippen molar-refractivity contribution in [3.05, 3.63) is 59.9 Å². The normalized spacial score (nSPS) is 15.8. The molecule has 152 valence electrons. The fraction of sp³-hybridized carbons (Fsp3) is 0.348. The lowest BCUT2D eigenvalue weighted by atomic mass is 9.94. The van der Waals surface area contributed by atoms with Crippen molar-refractivity contribution in [2.24, 2.45) is 0 Å². The number of ether oxygens (including phenoxy) is 3. The minimum Gasteiger partial charge on any atom is -0.493 e. The summed E-state index contributed by atoms with van der Waals surface area (Å²) >= 11 is 0. The quantitative estimate of drug-likeness (QED) is 0.694. The molecule has 29 heavy (non-hydrogen) atoms. The van der Waals surface area contributed by atoms with Crippen LogP contribution in [0.4, 0.5) is 0 Å². The van der Waals surface area contributed by atoms with Gasteiger partial charge in [0.1, 0.15) is 0 Å². The SMILES string of the molecule is COc1cc(C(c2ccc3cnccc3c2)N2CCNCC2)cc(OC)c1OC. The molecular formula is C23H27N3O3. The van der Waals surface area contributed by atoms with Crippen LogP contribution in [0.1, 0.15) is 17.2 Å². The Balaban J connectivity index is 1.86. The molecule has 1 aliphatic heterocycles. The Bertz CT molecular complexity index is 961. The van der Waals surface area contributed by atoms with E-state index in [9.17, 15) is 0 Å². The molecule has 3 aromatic rings. The molecule has 1 aromatic heterocycles. The minimum absolute atomic E-state index is 0.0865. The first-order valence-electron chi connectivity index (χ1n) is 9.83. The third-order valence-corrected chi connectivity index (χ3v) is 5.50. The second-order valence-corrected chi connectivity index (χ2v) is 7.13. The van der Waals surface area contributed by atoms with Gasteiger partial charge in [-0.2, -0.15) is 0 Å². The topological polar surface area (TPSA) is 55.9 Å². The summed E-state index contributed by atoms with van der Waals surface area (Å²) < 4.78 is 16.8. The molecule has 0 aliphatic carbocycles. The standard InChI is InChI=1S/C23H27N3O3/c1-27-20-13-19(14-21(28-2)23(20)29-3)22(26-10-8-24-9-11-26)17-4-5-18-15-25-7-6-16(18)12-17/h4-7,12-15,22,24H,8-11H2,1-3H3. The smallest absolute Gasteiger partial charge is 0.203 e. The Morgan fingerprint density at radius 2 is 1.59 bits per heavy atom. The molecule has 1 atom stereocenters. The third kappa shape index (κ3) is 3.86. The largest absolute Gasteiger partial charge is 0.493 e. The van der Waals surface area contributed by atoms with Gasteiger partial charge < -0.3 is 19.5 Å². The molecule has 6 heteroatoms. The first-order chi connectivity index (χ1) is 14.2. The van der Waals surface area contributed by atoms with Crippen molar-refractivity contribution in [1.29, 1.82) is 0 Å². The van der Waals surface area contributed by atoms with E-state index in [-0.39, 0.29) is 6.04 Å². The summed E-state index contributed by atoms with van der Waals surface area (Å²) in [6.45, 7) is 3.88. The van der Waals surface area contributed by atoms with Gasteiger partial charge in [0.2, 0.25) is 5.75 Å². The van der Waals surface area contributed by atoms with Gasteiger partial charge >= 0.3 is 0 Å². The van der Waals surface area contributed by atoms with Crippen molar-refractivity contribution >= 4 is 10.8 Å². The Morgan fingerprint density at radius 3 is 2.24 bits per heavy atom. The van der Waals surface area contributed by atoms with Crippen LogP contribution < -0.4 is 19.5 Å². The van der Waals surface area contributed by atoms with E-state index in [2.05, 4.69) is 51.6 Å². The third-order valence-electron chi connectivity index (χ3n) is 5.50. The molecular weight excluding hydrogens is 366 g/mol. The molecule has 2 heterocycles. The molecule has 4 rings (SSSR count). The summed E-state index contributed by atoms with van der Waals surface area (Å²) in [7, 11) is 4.94. The van der Waals surface area contributed by atoms with Crippen LogP contribution in [0.3, 0.4) is 0 Å². The van der Waals surface area contributed by atoms with Crippen molar-refractivity contribution in [3.63, 3.8) is 0 Å². The Hall–Kier alpha value is -2.83. The zero-order valence-electron chi connectivity index (χ0n) is 17.1. The zero-order chi connectivity index (χ0) is 20.2. The number of piperazine rings is 1. The number of nitrogens with zero attached hydrogens (tertiary/aromatic N) is 2. The summed E-state index contributed by atoms with van der Waals surface area (Å²) in [6, 6.07) is 12.9. The van der Waals surface area contributed by atoms with Gasteiger partial charge in [-0.1, -0.05) is 12.1 Å². The molecule has 1 N–H and O–H groups in total. The number of hydrogen-bond acceptors (Lipinski definition) is 6. The number of hydrogen-bond donors (Lipinski definition) is 1. The van der Waals surface area contributed by atoms with Crippen LogP contribution in [-0.2, 0) is 0 Å². The minimum atomic E-state index is 0.0865. The fourth-order valence-corrected chi connectivity index (χ4v) is 4.09. The molecule has 6 nitrogen and oxygen atoms in total. The predicted molar refractivity (Wildman–Crippen MR) is 114 cm³/mol. The second kappa shape index (κ2) is 8.68. The molecule has 0 spiro atoms. The molecule has 0 radical (unpaired) electrons. The highest BCUT2D eigenvalue weighted by molar-refractivity contribution is 5.82. The average Bonchev–Trinajstić information content (AvgIpc) is 2.79. The number of benzene rings is 2. The van der Waals surface area contributed by atoms with E-state index < -0.39 is 0 Å². The summed E-state index contributed by atoms with van der Waals surface area (Å²) in [5, 5.41) is 5.77. The first-order valence-corrected chi connectivity index (χ1v) is 9.83. The van der Waals surface area contributed by atoms with Crippen molar-refractivity contribution < 1.29 is 14.2 Å². The van der Waals surface area contributed by atoms with Crippen LogP contribution in [0.15, 0.2) is 48.8 Å². The van der Waals surface area contributed by atoms with E-state index in [1.54, 1.807) is 21.3 Å². The lowest BCUT2D eigenvalue weighted by Gasteiger charge is -2.36. The lowest BCUT2D eigenvalue weighted by molar-refractivity contribution is 0.197. The molecule has 1 aliphatic rings. The van der Waals surface area contributed by atoms with E-state index in [1.165, 1.54) is 10.9 Å². The van der Waals surface area contributed by atoms with E-state index in [1.807, 2.05) is 12.4 Å². The van der Waals surface area contributed by atoms with Crippen LogP contribution in [0.5, 0.6) is 17.2 Å². The van der Waals surface area contributed by atoms with Gasteiger partial charge in [0, 0.05) is 44.0 Å². The van der Waals surface area contributed by atoms with Crippen molar-refractivity contribution in [2.75, 3.05) is 47.5 Å². The number of fused-ring (bicyclic) bond motifs is 1. The summed E-state index contributed by atoms with van der Waals surface area (Å²) in [4.78, 5) is 6.73. The van der Waals surface area contributed by atoms with Crippen LogP contribution >= 0.6 is 0 Å². The Labute approximate surface area is 171 Å². The van der Waals surface area contributed by atoms with Crippen molar-refractivity contribution in [2.45, 2.75) is 6.04 Å². The van der Waals surface area contributed by atoms with Gasteiger partial charge in [-0.25, -0.2) is 0 Å². The second-order valence-electron chi connectivity index (χ2n) is 7.13. The highest BCUT2D eigenvalue weighted by Gasteiger charge is 2.27. The van der Waals surface area contributed by atoms with Crippen molar-refractivity contribution in [1.82, 2.24) is 15.2 Å². The molecule has 1 saturated heterocycles. The van der Waals surface area contributed by atoms with E-state index in [0.29, 0.717) is 17.2 Å². The molecule has 0 bridgehead atoms. The number of rotatable bonds is 6. The maximum absolute atomic E-state index is 5.62. The lowest BCUT2D eigenvalue weighted by Crippen LogP contribution is -2.45. The van der Waals surface area contributed by atoms with Crippen LogP contribution in [-0.4, -0.2) is 57.4 Å². The summed E-state index contributed by atoms with van der Waals surface area (Å²) in [5.74, 6) is 1.96. The van der Waals surface area contributed by atoms with Gasteiger partial charge in [0.25, 0.3) is 0 Å². The van der Waals surface area contributed by atoms with E-state index >= 15 is 0 Å². The monoisotopic (exact) mass is 393 g/mol. The average molecular weight is 393 g/mol. The summed E-state index contributed by atoms with van der Waals surface area (Å²) in [5.41, 5.74) is 2.36. The van der Waals surface area contributed by atoms with Gasteiger partial charge in [0.05, 0.1) is 27.4 Å². The first kappa shape index (κ1) is 19.5. The number of pyridine rings is 1. The Kier molecular flexibility index (Phi) is 5.83. The number of nitrogens with one attached hydrogen (secondary N) is 1. The van der Waals surface area contributed by atoms with E-state index in [4.69, 9.17) is 14.2 Å². The maximum atomic E-state index is 5.62. The summed E-state index contributed by atoms with van der Waals surface area (Å²) in [6.07, 6.45) is 3.74. The molecule has 1 unspecified atom stereocenters. The molecule has 0 saturated carbocycles. The van der Waals surface area contributed by atoms with E-state index in [0.717, 1.165) is 37.1 Å². The van der Waals surface area contributed by atoms with Crippen LogP contribution in [0, 0.1) is 0 Å². The highest BCUT2D eigenvalue weighted by Crippen LogP contribution is 2.42. The maximum Gasteiger partial charge on any atom is 0.203 e. The van der Waals surface area contributed by atoms with Gasteiger partial charge in [-0.05, 0) is 40.8 Å². The molecule has 0 amide bonds. The van der Waals surface area contributed by atoms with Gasteiger partial charge in [-0.3, -0.25) is 9.88 Å². The van der Waals surface area contributed by atoms with Gasteiger partial charge in [0.15, 0.2) is 11.5 Å². The van der Waals surface area contributed by atoms with Crippen molar-refractivity contribution in [3.8, 4) is 17.2 Å². The number of aromatic nitrogens is 1.